The number of benzene rings is 1. The van der Waals surface area contributed by atoms with Gasteiger partial charge in [0.2, 0.25) is 0 Å². The van der Waals surface area contributed by atoms with Crippen molar-refractivity contribution in [1.29, 1.82) is 0 Å². The maximum Gasteiger partial charge on any atom is 0.377 e. The van der Waals surface area contributed by atoms with Crippen LogP contribution in [-0.2, 0) is 0 Å². The third kappa shape index (κ3) is 1.88. The molecule has 94 valence electrons. The predicted octanol–water partition coefficient (Wildman–Crippen LogP) is 0.0978. The second-order valence-electron chi connectivity index (χ2n) is 3.71. The van der Waals surface area contributed by atoms with Crippen LogP contribution in [0.3, 0.4) is 0 Å². The Hall–Kier alpha value is -2.51. The third-order valence-corrected chi connectivity index (χ3v) is 2.23. The Morgan fingerprint density at radius 1 is 1.28 bits per heavy atom. The summed E-state index contributed by atoms with van der Waals surface area (Å²) in [6.07, 6.45) is 0. The molecule has 18 heavy (non-hydrogen) atoms. The zero-order valence-electron chi connectivity index (χ0n) is 9.74. The molecular formula is C10H10FN5O2. The molecule has 0 atom stereocenters. The van der Waals surface area contributed by atoms with Gasteiger partial charge in [0.25, 0.3) is 0 Å². The quantitative estimate of drug-likeness (QED) is 0.674. The van der Waals surface area contributed by atoms with Crippen molar-refractivity contribution in [2.75, 3.05) is 14.1 Å². The lowest BCUT2D eigenvalue weighted by atomic mass is 10.3. The average molecular weight is 251 g/mol. The van der Waals surface area contributed by atoms with Crippen LogP contribution in [0.1, 0.15) is 0 Å². The molecule has 0 aliphatic heterocycles. The van der Waals surface area contributed by atoms with Gasteiger partial charge in [-0.1, -0.05) is 12.1 Å². The first-order valence-electron chi connectivity index (χ1n) is 5.04. The minimum Gasteiger partial charge on any atom is -0.329 e. The molecule has 0 radical (unpaired) electrons. The summed E-state index contributed by atoms with van der Waals surface area (Å²) in [5.41, 5.74) is -0.876. The molecule has 0 saturated carbocycles. The van der Waals surface area contributed by atoms with Crippen LogP contribution in [0.4, 0.5) is 9.18 Å². The highest BCUT2D eigenvalue weighted by atomic mass is 19.1. The highest BCUT2D eigenvalue weighted by molar-refractivity contribution is 5.74. The number of halogens is 1. The fourth-order valence-corrected chi connectivity index (χ4v) is 1.33. The van der Waals surface area contributed by atoms with Crippen molar-refractivity contribution >= 4 is 6.03 Å². The number of hydrogen-bond acceptors (Lipinski definition) is 4. The second kappa shape index (κ2) is 4.40. The number of nitrogens with zero attached hydrogens (tertiary/aromatic N) is 5. The molecule has 0 spiro atoms. The van der Waals surface area contributed by atoms with Gasteiger partial charge in [-0.15, -0.1) is 4.68 Å². The van der Waals surface area contributed by atoms with E-state index in [9.17, 15) is 14.0 Å². The lowest BCUT2D eigenvalue weighted by molar-refractivity contribution is 0.214. The standard InChI is InChI=1S/C10H10FN5O2/c1-14(2)9(17)16-10(18)15(12-13-16)8-6-4-3-5-7(8)11/h3-6H,1-2H3. The highest BCUT2D eigenvalue weighted by Gasteiger charge is 2.18. The minimum atomic E-state index is -0.821. The minimum absolute atomic E-state index is 0.0553. The SMILES string of the molecule is CN(C)C(=O)n1nnn(-c2ccccc2F)c1=O. The van der Waals surface area contributed by atoms with E-state index >= 15 is 0 Å². The highest BCUT2D eigenvalue weighted by Crippen LogP contribution is 2.08. The summed E-state index contributed by atoms with van der Waals surface area (Å²) in [5, 5.41) is 6.89. The second-order valence-corrected chi connectivity index (χ2v) is 3.71. The molecule has 0 aliphatic rings. The number of aromatic nitrogens is 4. The topological polar surface area (TPSA) is 73.0 Å². The van der Waals surface area contributed by atoms with Crippen molar-refractivity contribution in [2.24, 2.45) is 0 Å². The molecular weight excluding hydrogens is 241 g/mol. The summed E-state index contributed by atoms with van der Waals surface area (Å²) in [6, 6.07) is 4.95. The Bertz CT molecular complexity index is 646. The van der Waals surface area contributed by atoms with Crippen LogP contribution in [0.15, 0.2) is 29.1 Å². The average Bonchev–Trinajstić information content (AvgIpc) is 2.71. The molecule has 0 bridgehead atoms. The molecule has 1 amide bonds. The van der Waals surface area contributed by atoms with E-state index in [1.807, 2.05) is 0 Å². The molecule has 1 aromatic heterocycles. The molecule has 2 rings (SSSR count). The molecule has 8 heteroatoms. The van der Waals surface area contributed by atoms with Crippen LogP contribution in [0.2, 0.25) is 0 Å². The zero-order valence-corrected chi connectivity index (χ0v) is 9.74. The summed E-state index contributed by atoms with van der Waals surface area (Å²) in [5.74, 6) is -0.621. The van der Waals surface area contributed by atoms with Crippen molar-refractivity contribution in [2.45, 2.75) is 0 Å². The molecule has 1 heterocycles. The van der Waals surface area contributed by atoms with Gasteiger partial charge in [-0.3, -0.25) is 0 Å². The van der Waals surface area contributed by atoms with Gasteiger partial charge in [0.15, 0.2) is 0 Å². The smallest absolute Gasteiger partial charge is 0.329 e. The number of carbonyl (C=O) groups excluding carboxylic acids is 1. The number of hydrogen-bond donors (Lipinski definition) is 0. The Kier molecular flexibility index (Phi) is 2.92. The fraction of sp³-hybridized carbons (Fsp3) is 0.200. The summed E-state index contributed by atoms with van der Waals surface area (Å²) >= 11 is 0. The first-order chi connectivity index (χ1) is 8.52. The first kappa shape index (κ1) is 12.0. The van der Waals surface area contributed by atoms with Crippen LogP contribution in [0.25, 0.3) is 5.69 Å². The summed E-state index contributed by atoms with van der Waals surface area (Å²) in [7, 11) is 2.94. The lowest BCUT2D eigenvalue weighted by Crippen LogP contribution is -2.36. The van der Waals surface area contributed by atoms with Gasteiger partial charge in [0.1, 0.15) is 11.5 Å². The Morgan fingerprint density at radius 2 is 1.94 bits per heavy atom. The lowest BCUT2D eigenvalue weighted by Gasteiger charge is -2.06. The maximum atomic E-state index is 13.5. The van der Waals surface area contributed by atoms with Crippen molar-refractivity contribution in [3.8, 4) is 5.69 Å². The molecule has 0 aliphatic carbocycles. The van der Waals surface area contributed by atoms with Gasteiger partial charge in [-0.25, -0.2) is 14.0 Å². The maximum absolute atomic E-state index is 13.5. The first-order valence-corrected chi connectivity index (χ1v) is 5.04. The van der Waals surface area contributed by atoms with E-state index in [1.54, 1.807) is 6.07 Å². The van der Waals surface area contributed by atoms with E-state index in [1.165, 1.54) is 37.2 Å². The zero-order chi connectivity index (χ0) is 13.3. The number of tetrazole rings is 1. The largest absolute Gasteiger partial charge is 0.377 e. The van der Waals surface area contributed by atoms with E-state index in [0.717, 1.165) is 4.68 Å². The Labute approximate surface area is 101 Å². The molecule has 0 saturated heterocycles. The normalized spacial score (nSPS) is 10.4. The van der Waals surface area contributed by atoms with Crippen LogP contribution in [-0.4, -0.2) is 44.8 Å². The van der Waals surface area contributed by atoms with Gasteiger partial charge in [-0.05, 0) is 22.6 Å². The van der Waals surface area contributed by atoms with Crippen LogP contribution in [0.5, 0.6) is 0 Å². The molecule has 0 fully saturated rings. The third-order valence-electron chi connectivity index (χ3n) is 2.23. The number of para-hydroxylation sites is 1. The van der Waals surface area contributed by atoms with Gasteiger partial charge >= 0.3 is 11.7 Å². The number of carbonyl (C=O) groups is 1. The molecule has 0 unspecified atom stereocenters. The Morgan fingerprint density at radius 3 is 2.56 bits per heavy atom. The summed E-state index contributed by atoms with van der Waals surface area (Å²) in [6.45, 7) is 0. The monoisotopic (exact) mass is 251 g/mol. The summed E-state index contributed by atoms with van der Waals surface area (Å²) in [4.78, 5) is 24.6. The van der Waals surface area contributed by atoms with Gasteiger partial charge in [-0.2, -0.15) is 4.68 Å². The van der Waals surface area contributed by atoms with Crippen molar-refractivity contribution < 1.29 is 9.18 Å². The van der Waals surface area contributed by atoms with Crippen molar-refractivity contribution in [3.05, 3.63) is 40.6 Å². The summed E-state index contributed by atoms with van der Waals surface area (Å²) < 4.78 is 14.8. The number of amides is 1. The molecule has 0 N–H and O–H groups in total. The number of rotatable bonds is 1. The van der Waals surface area contributed by atoms with Gasteiger partial charge < -0.3 is 4.90 Å². The fourth-order valence-electron chi connectivity index (χ4n) is 1.33. The van der Waals surface area contributed by atoms with E-state index in [4.69, 9.17) is 0 Å². The van der Waals surface area contributed by atoms with Crippen molar-refractivity contribution in [1.82, 2.24) is 24.7 Å². The van der Waals surface area contributed by atoms with Gasteiger partial charge in [0.05, 0.1) is 0 Å². The predicted molar refractivity (Wildman–Crippen MR) is 60.1 cm³/mol. The van der Waals surface area contributed by atoms with E-state index < -0.39 is 17.5 Å². The Balaban J connectivity index is 2.54. The van der Waals surface area contributed by atoms with E-state index in [2.05, 4.69) is 10.4 Å². The van der Waals surface area contributed by atoms with Crippen LogP contribution in [0, 0.1) is 5.82 Å². The van der Waals surface area contributed by atoms with Gasteiger partial charge in [0, 0.05) is 14.1 Å². The van der Waals surface area contributed by atoms with Crippen LogP contribution < -0.4 is 5.69 Å². The van der Waals surface area contributed by atoms with Crippen LogP contribution >= 0.6 is 0 Å². The molecule has 2 aromatic rings. The molecule has 7 nitrogen and oxygen atoms in total. The van der Waals surface area contributed by atoms with E-state index in [0.29, 0.717) is 4.68 Å². The molecule has 1 aromatic carbocycles. The van der Waals surface area contributed by atoms with E-state index in [-0.39, 0.29) is 5.69 Å². The van der Waals surface area contributed by atoms with Crippen molar-refractivity contribution in [3.63, 3.8) is 0 Å².